The van der Waals surface area contributed by atoms with Gasteiger partial charge in [-0.1, -0.05) is 12.8 Å². The van der Waals surface area contributed by atoms with E-state index in [9.17, 15) is 4.79 Å². The summed E-state index contributed by atoms with van der Waals surface area (Å²) in [6.07, 6.45) is 9.03. The number of amides is 1. The second-order valence-corrected chi connectivity index (χ2v) is 10.1. The van der Waals surface area contributed by atoms with Gasteiger partial charge in [0.05, 0.1) is 11.2 Å². The van der Waals surface area contributed by atoms with Gasteiger partial charge in [-0.25, -0.2) is 4.98 Å². The first kappa shape index (κ1) is 19.2. The maximum Gasteiger partial charge on any atom is 0.289 e. The summed E-state index contributed by atoms with van der Waals surface area (Å²) in [6.45, 7) is 6.22. The Morgan fingerprint density at radius 1 is 1.24 bits per heavy atom. The normalized spacial score (nSPS) is 22.1. The number of aryl methyl sites for hydroxylation is 2. The van der Waals surface area contributed by atoms with Crippen LogP contribution in [0.3, 0.4) is 0 Å². The lowest BCUT2D eigenvalue weighted by Gasteiger charge is -2.44. The van der Waals surface area contributed by atoms with Crippen LogP contribution in [0.25, 0.3) is 0 Å². The Morgan fingerprint density at radius 2 is 2.03 bits per heavy atom. The predicted octanol–water partition coefficient (Wildman–Crippen LogP) is 2.94. The Hall–Kier alpha value is -1.80. The summed E-state index contributed by atoms with van der Waals surface area (Å²) in [7, 11) is 0. The van der Waals surface area contributed by atoms with Crippen LogP contribution >= 0.6 is 11.3 Å². The first-order valence-electron chi connectivity index (χ1n) is 11.0. The molecular formula is C21H30N6OS. The number of piperidine rings is 1. The van der Waals surface area contributed by atoms with Gasteiger partial charge in [0.25, 0.3) is 5.91 Å². The van der Waals surface area contributed by atoms with Crippen molar-refractivity contribution in [1.29, 1.82) is 0 Å². The van der Waals surface area contributed by atoms with Gasteiger partial charge < -0.3 is 9.88 Å². The number of carbonyl (C=O) groups excluding carboxylic acids is 1. The molecule has 2 aromatic heterocycles. The third-order valence-electron chi connectivity index (χ3n) is 7.22. The maximum atomic E-state index is 12.8. The summed E-state index contributed by atoms with van der Waals surface area (Å²) in [6, 6.07) is 0.312. The van der Waals surface area contributed by atoms with Gasteiger partial charge in [0.1, 0.15) is 5.82 Å². The monoisotopic (exact) mass is 414 g/mol. The average Bonchev–Trinajstić information content (AvgIpc) is 3.46. The van der Waals surface area contributed by atoms with Gasteiger partial charge >= 0.3 is 0 Å². The van der Waals surface area contributed by atoms with Crippen LogP contribution in [0.1, 0.15) is 72.0 Å². The quantitative estimate of drug-likeness (QED) is 0.832. The molecule has 2 fully saturated rings. The number of hydrogen-bond donors (Lipinski definition) is 1. The Bertz CT molecular complexity index is 876. The van der Waals surface area contributed by atoms with Crippen molar-refractivity contribution in [3.63, 3.8) is 0 Å². The molecule has 2 aromatic rings. The van der Waals surface area contributed by atoms with Crippen LogP contribution < -0.4 is 5.32 Å². The van der Waals surface area contributed by atoms with E-state index in [1.807, 2.05) is 5.51 Å². The van der Waals surface area contributed by atoms with Crippen molar-refractivity contribution in [1.82, 2.24) is 30.0 Å². The summed E-state index contributed by atoms with van der Waals surface area (Å²) >= 11 is 1.76. The molecule has 0 atom stereocenters. The highest BCUT2D eigenvalue weighted by atomic mass is 32.1. The summed E-state index contributed by atoms with van der Waals surface area (Å²) in [4.78, 5) is 21.1. The number of rotatable bonds is 4. The molecule has 156 valence electrons. The number of hydrogen-bond acceptors (Lipinski definition) is 6. The van der Waals surface area contributed by atoms with Gasteiger partial charge in [0, 0.05) is 30.4 Å². The lowest BCUT2D eigenvalue weighted by atomic mass is 9.73. The number of aromatic nitrogens is 4. The second-order valence-electron chi connectivity index (χ2n) is 9.12. The van der Waals surface area contributed by atoms with Crippen molar-refractivity contribution >= 4 is 17.2 Å². The fraction of sp³-hybridized carbons (Fsp3) is 0.714. The Balaban J connectivity index is 1.24. The number of carbonyl (C=O) groups is 1. The highest BCUT2D eigenvalue weighted by Gasteiger charge is 2.40. The summed E-state index contributed by atoms with van der Waals surface area (Å²) in [5, 5.41) is 11.8. The Morgan fingerprint density at radius 3 is 2.76 bits per heavy atom. The minimum Gasteiger partial charge on any atom is -0.347 e. The molecule has 1 N–H and O–H groups in total. The van der Waals surface area contributed by atoms with E-state index in [-0.39, 0.29) is 11.3 Å². The van der Waals surface area contributed by atoms with Crippen molar-refractivity contribution in [2.24, 2.45) is 5.41 Å². The van der Waals surface area contributed by atoms with Gasteiger partial charge in [0.2, 0.25) is 5.82 Å². The molecule has 0 bridgehead atoms. The van der Waals surface area contributed by atoms with Crippen molar-refractivity contribution < 1.29 is 4.79 Å². The van der Waals surface area contributed by atoms with Crippen LogP contribution in [0.4, 0.5) is 0 Å². The second kappa shape index (κ2) is 7.80. The zero-order valence-corrected chi connectivity index (χ0v) is 18.0. The highest BCUT2D eigenvalue weighted by Crippen LogP contribution is 2.41. The van der Waals surface area contributed by atoms with Crippen LogP contribution in [-0.4, -0.2) is 49.7 Å². The van der Waals surface area contributed by atoms with E-state index in [0.29, 0.717) is 11.9 Å². The molecule has 29 heavy (non-hydrogen) atoms. The van der Waals surface area contributed by atoms with E-state index in [1.54, 1.807) is 11.3 Å². The Kier molecular flexibility index (Phi) is 5.16. The molecule has 8 heteroatoms. The van der Waals surface area contributed by atoms with Gasteiger partial charge in [-0.05, 0) is 57.5 Å². The molecule has 3 aliphatic rings. The smallest absolute Gasteiger partial charge is 0.289 e. The Labute approximate surface area is 175 Å². The molecule has 0 unspecified atom stereocenters. The maximum absolute atomic E-state index is 12.8. The van der Waals surface area contributed by atoms with Crippen molar-refractivity contribution in [3.8, 4) is 0 Å². The first-order valence-corrected chi connectivity index (χ1v) is 11.8. The third kappa shape index (κ3) is 3.84. The fourth-order valence-corrected chi connectivity index (χ4v) is 6.06. The number of nitrogens with one attached hydrogen (secondary N) is 1. The minimum absolute atomic E-state index is 0.0363. The number of fused-ring (bicyclic) bond motifs is 1. The number of nitrogens with zero attached hydrogens (tertiary/aromatic N) is 5. The molecule has 1 saturated carbocycles. The van der Waals surface area contributed by atoms with Crippen molar-refractivity contribution in [2.45, 2.75) is 77.4 Å². The van der Waals surface area contributed by atoms with Crippen molar-refractivity contribution in [3.05, 3.63) is 27.7 Å². The number of thiazole rings is 1. The molecule has 5 rings (SSSR count). The first-order chi connectivity index (χ1) is 14.1. The summed E-state index contributed by atoms with van der Waals surface area (Å²) < 4.78 is 2.12. The van der Waals surface area contributed by atoms with E-state index < -0.39 is 0 Å². The van der Waals surface area contributed by atoms with E-state index in [0.717, 1.165) is 57.7 Å². The van der Waals surface area contributed by atoms with Crippen molar-refractivity contribution in [2.75, 3.05) is 13.1 Å². The van der Waals surface area contributed by atoms with E-state index in [4.69, 9.17) is 0 Å². The van der Waals surface area contributed by atoms with Crippen LogP contribution in [0.2, 0.25) is 0 Å². The zero-order valence-electron chi connectivity index (χ0n) is 17.2. The molecule has 7 nitrogen and oxygen atoms in total. The van der Waals surface area contributed by atoms with Crippen LogP contribution in [0.15, 0.2) is 5.51 Å². The topological polar surface area (TPSA) is 75.9 Å². The van der Waals surface area contributed by atoms with Crippen LogP contribution in [0, 0.1) is 12.3 Å². The predicted molar refractivity (Wildman–Crippen MR) is 112 cm³/mol. The SMILES string of the molecule is Cc1ncsc1CN1CCC2(CCc3nnc(C(=O)NC4CCCC4)n3C2)CC1. The van der Waals surface area contributed by atoms with Gasteiger partial charge in [0.15, 0.2) is 0 Å². The van der Waals surface area contributed by atoms with E-state index in [2.05, 4.69) is 36.9 Å². The van der Waals surface area contributed by atoms with Gasteiger partial charge in [-0.2, -0.15) is 0 Å². The molecule has 0 aromatic carbocycles. The lowest BCUT2D eigenvalue weighted by molar-refractivity contribution is 0.0620. The molecule has 4 heterocycles. The molecule has 1 amide bonds. The molecular weight excluding hydrogens is 384 g/mol. The van der Waals surface area contributed by atoms with E-state index >= 15 is 0 Å². The molecule has 1 aliphatic carbocycles. The van der Waals surface area contributed by atoms with Crippen LogP contribution in [0.5, 0.6) is 0 Å². The highest BCUT2D eigenvalue weighted by molar-refractivity contribution is 7.09. The third-order valence-corrected chi connectivity index (χ3v) is 8.14. The molecule has 1 spiro atoms. The molecule has 0 radical (unpaired) electrons. The van der Waals surface area contributed by atoms with Gasteiger partial charge in [-0.3, -0.25) is 9.69 Å². The summed E-state index contributed by atoms with van der Waals surface area (Å²) in [5.41, 5.74) is 3.39. The standard InChI is InChI=1S/C21H30N6OS/c1-15-17(29-14-22-15)12-26-10-8-21(9-11-26)7-6-18-24-25-19(27(18)13-21)20(28)23-16-4-2-3-5-16/h14,16H,2-13H2,1H3,(H,23,28). The summed E-state index contributed by atoms with van der Waals surface area (Å²) in [5.74, 6) is 1.47. The minimum atomic E-state index is -0.0363. The number of likely N-dealkylation sites (tertiary alicyclic amines) is 1. The lowest BCUT2D eigenvalue weighted by Crippen LogP contribution is -2.45. The largest absolute Gasteiger partial charge is 0.347 e. The van der Waals surface area contributed by atoms with Gasteiger partial charge in [-0.15, -0.1) is 21.5 Å². The van der Waals surface area contributed by atoms with E-state index in [1.165, 1.54) is 36.3 Å². The molecule has 2 aliphatic heterocycles. The average molecular weight is 415 g/mol. The van der Waals surface area contributed by atoms with Crippen LogP contribution in [-0.2, 0) is 19.5 Å². The zero-order chi connectivity index (χ0) is 19.8. The molecule has 1 saturated heterocycles. The fourth-order valence-electron chi connectivity index (χ4n) is 5.24.